The number of fused-ring (bicyclic) bond motifs is 1. The molecule has 1 saturated heterocycles. The molecular formula is C27H25FN2O5. The minimum atomic E-state index is -0.693. The minimum Gasteiger partial charge on any atom is -0.489 e. The number of hydrogen-bond donors (Lipinski definition) is 0. The summed E-state index contributed by atoms with van der Waals surface area (Å²) in [6.07, 6.45) is -0.693. The Morgan fingerprint density at radius 3 is 2.37 bits per heavy atom. The van der Waals surface area contributed by atoms with Gasteiger partial charge >= 0.3 is 0 Å². The molecule has 1 fully saturated rings. The van der Waals surface area contributed by atoms with Crippen LogP contribution in [0.25, 0.3) is 0 Å². The van der Waals surface area contributed by atoms with Crippen molar-refractivity contribution in [2.75, 3.05) is 32.8 Å². The van der Waals surface area contributed by atoms with Crippen molar-refractivity contribution in [3.63, 3.8) is 0 Å². The van der Waals surface area contributed by atoms with E-state index in [0.717, 1.165) is 5.56 Å². The first-order valence-electron chi connectivity index (χ1n) is 11.5. The average Bonchev–Trinajstić information content (AvgIpc) is 2.92. The van der Waals surface area contributed by atoms with Gasteiger partial charge in [-0.05, 0) is 48.0 Å². The van der Waals surface area contributed by atoms with E-state index in [1.165, 1.54) is 12.1 Å². The maximum absolute atomic E-state index is 13.1. The lowest BCUT2D eigenvalue weighted by atomic mass is 10.1. The highest BCUT2D eigenvalue weighted by Crippen LogP contribution is 2.31. The molecule has 0 aromatic heterocycles. The zero-order valence-corrected chi connectivity index (χ0v) is 19.1. The van der Waals surface area contributed by atoms with Gasteiger partial charge in [-0.15, -0.1) is 0 Å². The fourth-order valence-electron chi connectivity index (χ4n) is 4.12. The van der Waals surface area contributed by atoms with Crippen LogP contribution in [0.1, 0.15) is 15.9 Å². The van der Waals surface area contributed by atoms with Crippen LogP contribution in [0.2, 0.25) is 0 Å². The van der Waals surface area contributed by atoms with E-state index in [2.05, 4.69) is 0 Å². The van der Waals surface area contributed by atoms with E-state index in [1.807, 2.05) is 18.2 Å². The highest BCUT2D eigenvalue weighted by Gasteiger charge is 2.33. The summed E-state index contributed by atoms with van der Waals surface area (Å²) in [5.74, 6) is 1.21. The van der Waals surface area contributed by atoms with E-state index < -0.39 is 6.10 Å². The molecule has 0 N–H and O–H groups in total. The molecule has 3 aromatic rings. The van der Waals surface area contributed by atoms with Crippen LogP contribution in [0.4, 0.5) is 4.39 Å². The molecular weight excluding hydrogens is 451 g/mol. The number of piperazine rings is 1. The Kier molecular flexibility index (Phi) is 6.52. The quantitative estimate of drug-likeness (QED) is 0.564. The largest absolute Gasteiger partial charge is 0.489 e. The lowest BCUT2D eigenvalue weighted by Gasteiger charge is -2.37. The summed E-state index contributed by atoms with van der Waals surface area (Å²) in [4.78, 5) is 29.5. The minimum absolute atomic E-state index is 0.115. The van der Waals surface area contributed by atoms with Gasteiger partial charge in [0.05, 0.1) is 0 Å². The fraction of sp³-hybridized carbons (Fsp3) is 0.259. The Labute approximate surface area is 202 Å². The number of rotatable bonds is 5. The first kappa shape index (κ1) is 22.7. The zero-order valence-electron chi connectivity index (χ0n) is 19.1. The monoisotopic (exact) mass is 476 g/mol. The third-order valence-electron chi connectivity index (χ3n) is 6.06. The van der Waals surface area contributed by atoms with Gasteiger partial charge in [0.25, 0.3) is 11.8 Å². The number of carbonyl (C=O) groups excluding carboxylic acids is 2. The predicted molar refractivity (Wildman–Crippen MR) is 126 cm³/mol. The van der Waals surface area contributed by atoms with Crippen molar-refractivity contribution in [1.82, 2.24) is 9.80 Å². The molecule has 2 aliphatic heterocycles. The van der Waals surface area contributed by atoms with Crippen LogP contribution < -0.4 is 14.2 Å². The Hall–Kier alpha value is -4.07. The van der Waals surface area contributed by atoms with E-state index >= 15 is 0 Å². The van der Waals surface area contributed by atoms with Crippen molar-refractivity contribution in [2.45, 2.75) is 12.7 Å². The summed E-state index contributed by atoms with van der Waals surface area (Å²) in [5.41, 5.74) is 1.35. The molecule has 2 heterocycles. The fourth-order valence-corrected chi connectivity index (χ4v) is 4.12. The van der Waals surface area contributed by atoms with Crippen molar-refractivity contribution in [1.29, 1.82) is 0 Å². The highest BCUT2D eigenvalue weighted by atomic mass is 19.1. The number of halogens is 1. The molecule has 2 aliphatic rings. The number of carbonyl (C=O) groups is 2. The second-order valence-corrected chi connectivity index (χ2v) is 8.42. The number of hydrogen-bond acceptors (Lipinski definition) is 5. The standard InChI is InChI=1S/C27H25FN2O5/c28-21-10-8-19(9-11-21)17-33-22-5-3-4-20(16-22)26(31)29-12-14-30(15-13-29)27(32)25-18-34-23-6-1-2-7-24(23)35-25/h1-11,16,25H,12-15,17-18H2/t25-/m0/s1. The molecule has 0 spiro atoms. The summed E-state index contributed by atoms with van der Waals surface area (Å²) in [6.45, 7) is 2.14. The molecule has 0 bridgehead atoms. The van der Waals surface area contributed by atoms with Gasteiger partial charge in [0, 0.05) is 31.7 Å². The van der Waals surface area contributed by atoms with Crippen LogP contribution in [0.3, 0.4) is 0 Å². The zero-order chi connectivity index (χ0) is 24.2. The molecule has 0 radical (unpaired) electrons. The molecule has 35 heavy (non-hydrogen) atoms. The second-order valence-electron chi connectivity index (χ2n) is 8.42. The van der Waals surface area contributed by atoms with Crippen molar-refractivity contribution in [3.8, 4) is 17.2 Å². The van der Waals surface area contributed by atoms with E-state index in [4.69, 9.17) is 14.2 Å². The van der Waals surface area contributed by atoms with E-state index in [-0.39, 0.29) is 30.8 Å². The third-order valence-corrected chi connectivity index (χ3v) is 6.06. The van der Waals surface area contributed by atoms with Crippen LogP contribution in [0, 0.1) is 5.82 Å². The number of benzene rings is 3. The Morgan fingerprint density at radius 1 is 0.886 bits per heavy atom. The average molecular weight is 477 g/mol. The van der Waals surface area contributed by atoms with Gasteiger partial charge in [-0.3, -0.25) is 9.59 Å². The number of para-hydroxylation sites is 2. The molecule has 0 unspecified atom stereocenters. The molecule has 0 aliphatic carbocycles. The van der Waals surface area contributed by atoms with Gasteiger partial charge in [-0.25, -0.2) is 4.39 Å². The lowest BCUT2D eigenvalue weighted by molar-refractivity contribution is -0.142. The summed E-state index contributed by atoms with van der Waals surface area (Å²) in [7, 11) is 0. The molecule has 180 valence electrons. The summed E-state index contributed by atoms with van der Waals surface area (Å²) >= 11 is 0. The molecule has 8 heteroatoms. The van der Waals surface area contributed by atoms with Gasteiger partial charge in [0.2, 0.25) is 6.10 Å². The van der Waals surface area contributed by atoms with Gasteiger partial charge in [0.1, 0.15) is 24.8 Å². The Morgan fingerprint density at radius 2 is 1.60 bits per heavy atom. The van der Waals surface area contributed by atoms with E-state index in [0.29, 0.717) is 49.0 Å². The third kappa shape index (κ3) is 5.21. The molecule has 3 aromatic carbocycles. The molecule has 0 saturated carbocycles. The number of ether oxygens (including phenoxy) is 3. The van der Waals surface area contributed by atoms with Crippen LogP contribution in [-0.2, 0) is 11.4 Å². The first-order chi connectivity index (χ1) is 17.1. The van der Waals surface area contributed by atoms with E-state index in [9.17, 15) is 14.0 Å². The van der Waals surface area contributed by atoms with Crippen molar-refractivity contribution in [3.05, 3.63) is 89.7 Å². The van der Waals surface area contributed by atoms with Crippen molar-refractivity contribution >= 4 is 11.8 Å². The highest BCUT2D eigenvalue weighted by molar-refractivity contribution is 5.95. The summed E-state index contributed by atoms with van der Waals surface area (Å²) < 4.78 is 30.3. The molecule has 2 amide bonds. The predicted octanol–water partition coefficient (Wildman–Crippen LogP) is 3.53. The van der Waals surface area contributed by atoms with Crippen molar-refractivity contribution < 1.29 is 28.2 Å². The van der Waals surface area contributed by atoms with Gasteiger partial charge in [-0.2, -0.15) is 0 Å². The van der Waals surface area contributed by atoms with Crippen LogP contribution >= 0.6 is 0 Å². The molecule has 5 rings (SSSR count). The van der Waals surface area contributed by atoms with Crippen molar-refractivity contribution in [2.24, 2.45) is 0 Å². The summed E-state index contributed by atoms with van der Waals surface area (Å²) in [6, 6.07) is 20.4. The Bertz CT molecular complexity index is 1210. The molecule has 7 nitrogen and oxygen atoms in total. The van der Waals surface area contributed by atoms with Gasteiger partial charge in [0.15, 0.2) is 11.5 Å². The SMILES string of the molecule is O=C(c1cccc(OCc2ccc(F)cc2)c1)N1CCN(C(=O)[C@@H]2COc3ccccc3O2)CC1. The lowest BCUT2D eigenvalue weighted by Crippen LogP contribution is -2.55. The smallest absolute Gasteiger partial charge is 0.267 e. The van der Waals surface area contributed by atoms with Crippen LogP contribution in [0.15, 0.2) is 72.8 Å². The van der Waals surface area contributed by atoms with Crippen LogP contribution in [-0.4, -0.2) is 60.5 Å². The Balaban J connectivity index is 1.15. The maximum atomic E-state index is 13.1. The number of nitrogens with zero attached hydrogens (tertiary/aromatic N) is 2. The maximum Gasteiger partial charge on any atom is 0.267 e. The second kappa shape index (κ2) is 10.0. The van der Waals surface area contributed by atoms with Crippen LogP contribution in [0.5, 0.6) is 17.2 Å². The topological polar surface area (TPSA) is 68.3 Å². The molecule has 1 atom stereocenters. The van der Waals surface area contributed by atoms with E-state index in [1.54, 1.807) is 52.3 Å². The summed E-state index contributed by atoms with van der Waals surface area (Å²) in [5, 5.41) is 0. The number of amides is 2. The van der Waals surface area contributed by atoms with Gasteiger partial charge in [-0.1, -0.05) is 30.3 Å². The first-order valence-corrected chi connectivity index (χ1v) is 11.5. The van der Waals surface area contributed by atoms with Gasteiger partial charge < -0.3 is 24.0 Å². The normalized spacial score (nSPS) is 17.1.